The van der Waals surface area contributed by atoms with E-state index in [0.29, 0.717) is 6.54 Å². The summed E-state index contributed by atoms with van der Waals surface area (Å²) in [7, 11) is 1.52. The minimum atomic E-state index is -1.50. The number of benzene rings is 1. The molecule has 0 spiro atoms. The van der Waals surface area contributed by atoms with Crippen molar-refractivity contribution in [3.8, 4) is 0 Å². The number of carboxylic acids is 1. The summed E-state index contributed by atoms with van der Waals surface area (Å²) in [6, 6.07) is 5.89. The van der Waals surface area contributed by atoms with Crippen molar-refractivity contribution in [1.82, 2.24) is 4.90 Å². The van der Waals surface area contributed by atoms with Crippen LogP contribution in [-0.4, -0.2) is 35.0 Å². The second kappa shape index (κ2) is 5.79. The molecule has 0 heterocycles. The summed E-state index contributed by atoms with van der Waals surface area (Å²) < 4.78 is 0.942. The van der Waals surface area contributed by atoms with Crippen LogP contribution in [-0.2, 0) is 16.1 Å². The first-order valence-corrected chi connectivity index (χ1v) is 5.69. The fourth-order valence-electron chi connectivity index (χ4n) is 1.28. The van der Waals surface area contributed by atoms with Crippen LogP contribution in [0.4, 0.5) is 0 Å². The SMILES string of the molecule is CN(Cc1ccc(Br)cc1)C(=O)C(N)C(=O)O. The summed E-state index contributed by atoms with van der Waals surface area (Å²) >= 11 is 3.30. The molecule has 3 N–H and O–H groups in total. The molecule has 1 aromatic carbocycles. The Labute approximate surface area is 107 Å². The van der Waals surface area contributed by atoms with Crippen molar-refractivity contribution in [1.29, 1.82) is 0 Å². The number of rotatable bonds is 4. The lowest BCUT2D eigenvalue weighted by Crippen LogP contribution is -2.46. The minimum absolute atomic E-state index is 0.326. The van der Waals surface area contributed by atoms with E-state index in [2.05, 4.69) is 15.9 Å². The van der Waals surface area contributed by atoms with Gasteiger partial charge in [0.2, 0.25) is 0 Å². The Morgan fingerprint density at radius 1 is 1.41 bits per heavy atom. The van der Waals surface area contributed by atoms with Crippen LogP contribution in [0.2, 0.25) is 0 Å². The van der Waals surface area contributed by atoms with Crippen LogP contribution in [0.25, 0.3) is 0 Å². The van der Waals surface area contributed by atoms with Crippen molar-refractivity contribution in [3.63, 3.8) is 0 Å². The van der Waals surface area contributed by atoms with Gasteiger partial charge in [0.1, 0.15) is 0 Å². The number of aliphatic carboxylic acids is 1. The summed E-state index contributed by atoms with van der Waals surface area (Å²) in [4.78, 5) is 23.4. The third kappa shape index (κ3) is 3.83. The topological polar surface area (TPSA) is 83.6 Å². The zero-order valence-corrected chi connectivity index (χ0v) is 10.8. The number of likely N-dealkylation sites (N-methyl/N-ethyl adjacent to an activating group) is 1. The molecule has 0 fully saturated rings. The second-order valence-electron chi connectivity index (χ2n) is 3.64. The van der Waals surface area contributed by atoms with Crippen molar-refractivity contribution in [3.05, 3.63) is 34.3 Å². The van der Waals surface area contributed by atoms with Crippen LogP contribution in [0.5, 0.6) is 0 Å². The molecule has 0 radical (unpaired) electrons. The molecule has 0 aliphatic carbocycles. The second-order valence-corrected chi connectivity index (χ2v) is 4.55. The average molecular weight is 301 g/mol. The average Bonchev–Trinajstić information content (AvgIpc) is 2.30. The van der Waals surface area contributed by atoms with E-state index >= 15 is 0 Å². The van der Waals surface area contributed by atoms with Gasteiger partial charge in [0.25, 0.3) is 5.91 Å². The molecule has 0 aromatic heterocycles. The smallest absolute Gasteiger partial charge is 0.330 e. The summed E-state index contributed by atoms with van der Waals surface area (Å²) in [6.45, 7) is 0.326. The van der Waals surface area contributed by atoms with Gasteiger partial charge in [-0.3, -0.25) is 4.79 Å². The highest BCUT2D eigenvalue weighted by molar-refractivity contribution is 9.10. The number of carboxylic acid groups (broad SMARTS) is 1. The number of amides is 1. The molecule has 0 saturated carbocycles. The zero-order chi connectivity index (χ0) is 13.0. The number of nitrogens with two attached hydrogens (primary N) is 1. The molecule has 5 nitrogen and oxygen atoms in total. The fourth-order valence-corrected chi connectivity index (χ4v) is 1.55. The lowest BCUT2D eigenvalue weighted by atomic mass is 10.2. The third-order valence-corrected chi connectivity index (χ3v) is 2.77. The van der Waals surface area contributed by atoms with E-state index in [-0.39, 0.29) is 0 Å². The highest BCUT2D eigenvalue weighted by atomic mass is 79.9. The molecule has 0 aliphatic rings. The van der Waals surface area contributed by atoms with Gasteiger partial charge in [-0.15, -0.1) is 0 Å². The highest BCUT2D eigenvalue weighted by Crippen LogP contribution is 2.12. The maximum Gasteiger partial charge on any atom is 0.330 e. The lowest BCUT2D eigenvalue weighted by molar-refractivity contribution is -0.146. The Morgan fingerprint density at radius 3 is 2.41 bits per heavy atom. The third-order valence-electron chi connectivity index (χ3n) is 2.24. The van der Waals surface area contributed by atoms with E-state index in [4.69, 9.17) is 10.8 Å². The number of nitrogens with zero attached hydrogens (tertiary/aromatic N) is 1. The summed E-state index contributed by atoms with van der Waals surface area (Å²) in [5.74, 6) is -1.93. The van der Waals surface area contributed by atoms with Crippen molar-refractivity contribution < 1.29 is 14.7 Å². The molecule has 0 saturated heterocycles. The Kier molecular flexibility index (Phi) is 4.65. The van der Waals surface area contributed by atoms with Gasteiger partial charge < -0.3 is 15.7 Å². The van der Waals surface area contributed by atoms with Gasteiger partial charge in [-0.1, -0.05) is 28.1 Å². The molecule has 1 atom stereocenters. The van der Waals surface area contributed by atoms with E-state index in [1.54, 1.807) is 0 Å². The van der Waals surface area contributed by atoms with Crippen molar-refractivity contribution in [2.75, 3.05) is 7.05 Å². The highest BCUT2D eigenvalue weighted by Gasteiger charge is 2.24. The van der Waals surface area contributed by atoms with Gasteiger partial charge in [0.05, 0.1) is 0 Å². The molecule has 1 amide bonds. The predicted octanol–water partition coefficient (Wildman–Crippen LogP) is 0.819. The molecular weight excluding hydrogens is 288 g/mol. The largest absolute Gasteiger partial charge is 0.480 e. The Balaban J connectivity index is 2.66. The quantitative estimate of drug-likeness (QED) is 0.807. The van der Waals surface area contributed by atoms with Crippen LogP contribution >= 0.6 is 15.9 Å². The monoisotopic (exact) mass is 300 g/mol. The number of carbonyl (C=O) groups is 2. The van der Waals surface area contributed by atoms with Crippen molar-refractivity contribution in [2.45, 2.75) is 12.6 Å². The Morgan fingerprint density at radius 2 is 1.94 bits per heavy atom. The lowest BCUT2D eigenvalue weighted by Gasteiger charge is -2.19. The van der Waals surface area contributed by atoms with Crippen LogP contribution < -0.4 is 5.73 Å². The standard InChI is InChI=1S/C11H13BrN2O3/c1-14(10(15)9(13)11(16)17)6-7-2-4-8(12)5-3-7/h2-5,9H,6,13H2,1H3,(H,16,17). The first kappa shape index (κ1) is 13.7. The van der Waals surface area contributed by atoms with E-state index < -0.39 is 17.9 Å². The summed E-state index contributed by atoms with van der Waals surface area (Å²) in [5, 5.41) is 8.63. The predicted molar refractivity (Wildman–Crippen MR) is 66.2 cm³/mol. The van der Waals surface area contributed by atoms with E-state index in [1.807, 2.05) is 24.3 Å². The van der Waals surface area contributed by atoms with Crippen LogP contribution in [0.3, 0.4) is 0 Å². The van der Waals surface area contributed by atoms with Crippen LogP contribution in [0.1, 0.15) is 5.56 Å². The maximum atomic E-state index is 11.6. The van der Waals surface area contributed by atoms with Gasteiger partial charge in [-0.25, -0.2) is 4.79 Å². The van der Waals surface area contributed by atoms with Crippen LogP contribution in [0.15, 0.2) is 28.7 Å². The zero-order valence-electron chi connectivity index (χ0n) is 9.26. The molecule has 17 heavy (non-hydrogen) atoms. The van der Waals surface area contributed by atoms with Crippen molar-refractivity contribution >= 4 is 27.8 Å². The molecule has 92 valence electrons. The summed E-state index contributed by atoms with van der Waals surface area (Å²) in [5.41, 5.74) is 6.14. The number of carbonyl (C=O) groups excluding carboxylic acids is 1. The van der Waals surface area contributed by atoms with Gasteiger partial charge in [0, 0.05) is 18.1 Å². The molecule has 1 aromatic rings. The molecule has 0 aliphatic heterocycles. The van der Waals surface area contributed by atoms with E-state index in [0.717, 1.165) is 10.0 Å². The Bertz CT molecular complexity index is 419. The molecule has 0 bridgehead atoms. The maximum absolute atomic E-state index is 11.6. The minimum Gasteiger partial charge on any atom is -0.480 e. The van der Waals surface area contributed by atoms with Gasteiger partial charge in [0.15, 0.2) is 6.04 Å². The first-order chi connectivity index (χ1) is 7.91. The fraction of sp³-hybridized carbons (Fsp3) is 0.273. The first-order valence-electron chi connectivity index (χ1n) is 4.89. The van der Waals surface area contributed by atoms with E-state index in [9.17, 15) is 9.59 Å². The number of hydrogen-bond donors (Lipinski definition) is 2. The van der Waals surface area contributed by atoms with Crippen molar-refractivity contribution in [2.24, 2.45) is 5.73 Å². The van der Waals surface area contributed by atoms with Crippen LogP contribution in [0, 0.1) is 0 Å². The Hall–Kier alpha value is -1.40. The normalized spacial score (nSPS) is 11.9. The van der Waals surface area contributed by atoms with Gasteiger partial charge in [-0.2, -0.15) is 0 Å². The molecule has 6 heteroatoms. The number of halogens is 1. The summed E-state index contributed by atoms with van der Waals surface area (Å²) in [6.07, 6.45) is 0. The van der Waals surface area contributed by atoms with E-state index in [1.165, 1.54) is 11.9 Å². The van der Waals surface area contributed by atoms with Gasteiger partial charge >= 0.3 is 5.97 Å². The molecule has 1 rings (SSSR count). The molecular formula is C11H13BrN2O3. The number of hydrogen-bond acceptors (Lipinski definition) is 3. The van der Waals surface area contributed by atoms with Gasteiger partial charge in [-0.05, 0) is 17.7 Å². The molecule has 1 unspecified atom stereocenters.